The van der Waals surface area contributed by atoms with Gasteiger partial charge in [-0.3, -0.25) is 0 Å². The van der Waals surface area contributed by atoms with Gasteiger partial charge in [-0.25, -0.2) is 0 Å². The predicted molar refractivity (Wildman–Crippen MR) is 31.8 cm³/mol. The first kappa shape index (κ1) is 6.54. The molecule has 0 N–H and O–H groups in total. The zero-order valence-corrected chi connectivity index (χ0v) is 5.02. The maximum atomic E-state index is 5.16. The minimum Gasteiger partial charge on any atom is -0.380 e. The van der Waals surface area contributed by atoms with Gasteiger partial charge in [-0.05, 0) is 19.2 Å². The summed E-state index contributed by atoms with van der Waals surface area (Å²) in [7, 11) is 1.96. The predicted octanol–water partition coefficient (Wildman–Crippen LogP) is 1.27. The number of rotatable bonds is 3. The van der Waals surface area contributed by atoms with Crippen molar-refractivity contribution in [1.29, 1.82) is 0 Å². The van der Waals surface area contributed by atoms with Crippen molar-refractivity contribution < 1.29 is 0 Å². The third kappa shape index (κ3) is 3.37. The lowest BCUT2D eigenvalue weighted by Gasteiger charge is -2.09. The molecular formula is C6H12N. The van der Waals surface area contributed by atoms with Crippen LogP contribution in [-0.4, -0.2) is 18.5 Å². The Hall–Kier alpha value is -0.460. The minimum absolute atomic E-state index is 1.05. The summed E-state index contributed by atoms with van der Waals surface area (Å²) < 4.78 is 0. The Morgan fingerprint density at radius 3 is 2.43 bits per heavy atom. The van der Waals surface area contributed by atoms with Crippen molar-refractivity contribution in [3.63, 3.8) is 0 Å². The average Bonchev–Trinajstić information content (AvgIpc) is 1.68. The molecule has 0 atom stereocenters. The van der Waals surface area contributed by atoms with Crippen LogP contribution in [0.1, 0.15) is 13.3 Å². The van der Waals surface area contributed by atoms with Gasteiger partial charge in [0.05, 0.1) is 0 Å². The Morgan fingerprint density at radius 2 is 2.29 bits per heavy atom. The summed E-state index contributed by atoms with van der Waals surface area (Å²) >= 11 is 0. The van der Waals surface area contributed by atoms with Crippen LogP contribution in [0.3, 0.4) is 0 Å². The van der Waals surface area contributed by atoms with Gasteiger partial charge in [-0.1, -0.05) is 6.92 Å². The van der Waals surface area contributed by atoms with Gasteiger partial charge in [0, 0.05) is 13.6 Å². The second-order valence-electron chi connectivity index (χ2n) is 1.63. The van der Waals surface area contributed by atoms with Crippen LogP contribution in [0.4, 0.5) is 0 Å². The highest BCUT2D eigenvalue weighted by Gasteiger charge is 1.81. The number of hydrogen-bond acceptors (Lipinski definition) is 1. The van der Waals surface area contributed by atoms with Crippen molar-refractivity contribution in [2.45, 2.75) is 13.3 Å². The van der Waals surface area contributed by atoms with Gasteiger partial charge in [-0.2, -0.15) is 0 Å². The molecule has 0 saturated heterocycles. The maximum absolute atomic E-state index is 5.16. The van der Waals surface area contributed by atoms with E-state index in [-0.39, 0.29) is 0 Å². The molecule has 41 valence electrons. The Morgan fingerprint density at radius 1 is 1.71 bits per heavy atom. The second kappa shape index (κ2) is 3.72. The van der Waals surface area contributed by atoms with Crippen molar-refractivity contribution in [2.24, 2.45) is 0 Å². The highest BCUT2D eigenvalue weighted by Crippen LogP contribution is 1.82. The fourth-order valence-electron chi connectivity index (χ4n) is 0.427. The molecule has 1 radical (unpaired) electrons. The molecule has 0 bridgehead atoms. The summed E-state index contributed by atoms with van der Waals surface area (Å²) in [5.41, 5.74) is 0. The molecular weight excluding hydrogens is 86.1 g/mol. The van der Waals surface area contributed by atoms with Crippen molar-refractivity contribution in [3.05, 3.63) is 12.8 Å². The normalized spacial score (nSPS) is 8.29. The van der Waals surface area contributed by atoms with E-state index in [4.69, 9.17) is 6.58 Å². The molecule has 0 aliphatic carbocycles. The van der Waals surface area contributed by atoms with Crippen LogP contribution in [0.2, 0.25) is 0 Å². The number of hydrogen-bond donors (Lipinski definition) is 0. The lowest BCUT2D eigenvalue weighted by molar-refractivity contribution is 0.455. The molecule has 0 aliphatic heterocycles. The Balaban J connectivity index is 2.98. The fraction of sp³-hybridized carbons (Fsp3) is 0.667. The molecule has 1 heteroatoms. The van der Waals surface area contributed by atoms with E-state index >= 15 is 0 Å². The lowest BCUT2D eigenvalue weighted by atomic mass is 10.5. The third-order valence-electron chi connectivity index (χ3n) is 0.831. The highest BCUT2D eigenvalue weighted by atomic mass is 15.1. The van der Waals surface area contributed by atoms with E-state index in [1.807, 2.05) is 11.9 Å². The van der Waals surface area contributed by atoms with Crippen LogP contribution in [0.25, 0.3) is 0 Å². The maximum Gasteiger partial charge on any atom is 0.0166 e. The van der Waals surface area contributed by atoms with E-state index in [2.05, 4.69) is 6.92 Å². The molecule has 0 heterocycles. The summed E-state index contributed by atoms with van der Waals surface area (Å²) in [4.78, 5) is 1.96. The summed E-state index contributed by atoms with van der Waals surface area (Å²) in [6.45, 7) is 8.34. The SMILES string of the molecule is [CH]=CN(C)CCC. The molecule has 0 amide bonds. The summed E-state index contributed by atoms with van der Waals surface area (Å²) in [5, 5.41) is 0. The molecule has 7 heavy (non-hydrogen) atoms. The Labute approximate surface area is 45.6 Å². The largest absolute Gasteiger partial charge is 0.380 e. The summed E-state index contributed by atoms with van der Waals surface area (Å²) in [6, 6.07) is 0. The standard InChI is InChI=1S/C6H12N/c1-4-6-7(3)5-2/h2,5H,4,6H2,1,3H3. The topological polar surface area (TPSA) is 3.24 Å². The minimum atomic E-state index is 1.05. The lowest BCUT2D eigenvalue weighted by Crippen LogP contribution is -2.09. The zero-order chi connectivity index (χ0) is 5.70. The van der Waals surface area contributed by atoms with Crippen LogP contribution in [0.5, 0.6) is 0 Å². The molecule has 0 aromatic carbocycles. The van der Waals surface area contributed by atoms with E-state index in [1.54, 1.807) is 6.20 Å². The first-order chi connectivity index (χ1) is 3.31. The number of nitrogens with zero attached hydrogens (tertiary/aromatic N) is 1. The molecule has 0 aliphatic rings. The van der Waals surface area contributed by atoms with Crippen molar-refractivity contribution in [2.75, 3.05) is 13.6 Å². The second-order valence-corrected chi connectivity index (χ2v) is 1.63. The quantitative estimate of drug-likeness (QED) is 0.514. The molecule has 0 spiro atoms. The molecule has 0 rings (SSSR count). The third-order valence-corrected chi connectivity index (χ3v) is 0.831. The molecule has 0 saturated carbocycles. The zero-order valence-electron chi connectivity index (χ0n) is 5.02. The first-order valence-electron chi connectivity index (χ1n) is 2.56. The van der Waals surface area contributed by atoms with Gasteiger partial charge < -0.3 is 4.90 Å². The Bertz CT molecular complexity index is 50.1. The van der Waals surface area contributed by atoms with Gasteiger partial charge in [-0.15, -0.1) is 0 Å². The summed E-state index contributed by atoms with van der Waals surface area (Å²) in [5.74, 6) is 0. The average molecular weight is 98.2 g/mol. The Kier molecular flexibility index (Phi) is 3.48. The van der Waals surface area contributed by atoms with E-state index in [0.29, 0.717) is 0 Å². The van der Waals surface area contributed by atoms with Crippen LogP contribution in [-0.2, 0) is 0 Å². The van der Waals surface area contributed by atoms with Crippen molar-refractivity contribution in [3.8, 4) is 0 Å². The van der Waals surface area contributed by atoms with E-state index in [9.17, 15) is 0 Å². The molecule has 1 nitrogen and oxygen atoms in total. The first-order valence-corrected chi connectivity index (χ1v) is 2.56. The molecule has 0 aromatic rings. The fourth-order valence-corrected chi connectivity index (χ4v) is 0.427. The monoisotopic (exact) mass is 98.1 g/mol. The van der Waals surface area contributed by atoms with Crippen molar-refractivity contribution >= 4 is 0 Å². The van der Waals surface area contributed by atoms with Gasteiger partial charge in [0.15, 0.2) is 0 Å². The van der Waals surface area contributed by atoms with E-state index in [0.717, 1.165) is 13.0 Å². The van der Waals surface area contributed by atoms with Gasteiger partial charge in [0.25, 0.3) is 0 Å². The molecule has 0 aromatic heterocycles. The molecule has 0 unspecified atom stereocenters. The van der Waals surface area contributed by atoms with E-state index in [1.165, 1.54) is 0 Å². The van der Waals surface area contributed by atoms with Crippen LogP contribution in [0.15, 0.2) is 6.20 Å². The van der Waals surface area contributed by atoms with Gasteiger partial charge in [0.2, 0.25) is 0 Å². The van der Waals surface area contributed by atoms with Gasteiger partial charge in [0.1, 0.15) is 0 Å². The van der Waals surface area contributed by atoms with E-state index < -0.39 is 0 Å². The van der Waals surface area contributed by atoms with Crippen LogP contribution >= 0.6 is 0 Å². The molecule has 0 fully saturated rings. The van der Waals surface area contributed by atoms with Crippen LogP contribution < -0.4 is 0 Å². The van der Waals surface area contributed by atoms with Crippen molar-refractivity contribution in [1.82, 2.24) is 4.90 Å². The van der Waals surface area contributed by atoms with Crippen LogP contribution in [0, 0.1) is 6.58 Å². The highest BCUT2D eigenvalue weighted by molar-refractivity contribution is 4.60. The summed E-state index contributed by atoms with van der Waals surface area (Å²) in [6.07, 6.45) is 2.74. The van der Waals surface area contributed by atoms with Gasteiger partial charge >= 0.3 is 0 Å². The smallest absolute Gasteiger partial charge is 0.0166 e.